The molecule has 1 amide bonds. The van der Waals surface area contributed by atoms with Crippen LogP contribution in [0.2, 0.25) is 0 Å². The topological polar surface area (TPSA) is 73.7 Å². The third-order valence-electron chi connectivity index (χ3n) is 1.93. The molecular weight excluding hydrogens is 226 g/mol. The second kappa shape index (κ2) is 5.33. The number of aryl methyl sites for hydroxylation is 1. The SMILES string of the molecule is CCOC(=O)c1cnn(C)c1OC(=O)N(C)C. The van der Waals surface area contributed by atoms with Crippen LogP contribution in [-0.2, 0) is 11.8 Å². The smallest absolute Gasteiger partial charge is 0.416 e. The molecule has 94 valence electrons. The summed E-state index contributed by atoms with van der Waals surface area (Å²) in [5.41, 5.74) is 0.129. The minimum atomic E-state index is -0.584. The van der Waals surface area contributed by atoms with Gasteiger partial charge in [0.15, 0.2) is 0 Å². The standard InChI is InChI=1S/C10H15N3O4/c1-5-16-9(14)7-6-11-13(4)8(7)17-10(15)12(2)3/h6H,5H2,1-4H3. The van der Waals surface area contributed by atoms with E-state index in [4.69, 9.17) is 9.47 Å². The first kappa shape index (κ1) is 13.0. The van der Waals surface area contributed by atoms with Gasteiger partial charge in [-0.1, -0.05) is 0 Å². The van der Waals surface area contributed by atoms with Gasteiger partial charge in [0, 0.05) is 21.1 Å². The fourth-order valence-corrected chi connectivity index (χ4v) is 1.07. The molecule has 0 radical (unpaired) electrons. The molecule has 0 saturated heterocycles. The Morgan fingerprint density at radius 1 is 1.47 bits per heavy atom. The van der Waals surface area contributed by atoms with Gasteiger partial charge in [0.05, 0.1) is 12.8 Å². The van der Waals surface area contributed by atoms with Crippen LogP contribution in [0, 0.1) is 0 Å². The van der Waals surface area contributed by atoms with Crippen LogP contribution >= 0.6 is 0 Å². The quantitative estimate of drug-likeness (QED) is 0.727. The molecule has 7 heteroatoms. The van der Waals surface area contributed by atoms with Gasteiger partial charge in [-0.05, 0) is 6.92 Å². The summed E-state index contributed by atoms with van der Waals surface area (Å²) in [7, 11) is 4.66. The summed E-state index contributed by atoms with van der Waals surface area (Å²) in [6, 6.07) is 0. The number of carbonyl (C=O) groups excluding carboxylic acids is 2. The lowest BCUT2D eigenvalue weighted by Crippen LogP contribution is -2.26. The Bertz CT molecular complexity index is 425. The van der Waals surface area contributed by atoms with Crippen molar-refractivity contribution >= 4 is 12.1 Å². The molecule has 1 aromatic rings. The van der Waals surface area contributed by atoms with Gasteiger partial charge in [-0.3, -0.25) is 0 Å². The highest BCUT2D eigenvalue weighted by molar-refractivity contribution is 5.92. The molecule has 0 fully saturated rings. The number of aromatic nitrogens is 2. The van der Waals surface area contributed by atoms with Crippen molar-refractivity contribution in [1.82, 2.24) is 14.7 Å². The van der Waals surface area contributed by atoms with Crippen LogP contribution in [-0.4, -0.2) is 47.4 Å². The van der Waals surface area contributed by atoms with Crippen molar-refractivity contribution in [2.75, 3.05) is 20.7 Å². The van der Waals surface area contributed by atoms with Crippen molar-refractivity contribution in [3.63, 3.8) is 0 Å². The van der Waals surface area contributed by atoms with Gasteiger partial charge in [-0.25, -0.2) is 14.3 Å². The van der Waals surface area contributed by atoms with Crippen LogP contribution < -0.4 is 4.74 Å². The van der Waals surface area contributed by atoms with E-state index in [1.807, 2.05) is 0 Å². The zero-order valence-corrected chi connectivity index (χ0v) is 10.3. The number of esters is 1. The van der Waals surface area contributed by atoms with E-state index in [0.29, 0.717) is 0 Å². The van der Waals surface area contributed by atoms with Crippen molar-refractivity contribution < 1.29 is 19.1 Å². The molecule has 1 rings (SSSR count). The van der Waals surface area contributed by atoms with E-state index in [2.05, 4.69) is 5.10 Å². The molecule has 0 N–H and O–H groups in total. The van der Waals surface area contributed by atoms with Crippen LogP contribution in [0.4, 0.5) is 4.79 Å². The van der Waals surface area contributed by atoms with E-state index in [0.717, 1.165) is 0 Å². The van der Waals surface area contributed by atoms with Gasteiger partial charge < -0.3 is 14.4 Å². The van der Waals surface area contributed by atoms with E-state index in [-0.39, 0.29) is 18.1 Å². The van der Waals surface area contributed by atoms with Crippen LogP contribution in [0.5, 0.6) is 5.88 Å². The Labute approximate surface area is 98.9 Å². The molecule has 0 atom stereocenters. The third kappa shape index (κ3) is 2.96. The fourth-order valence-electron chi connectivity index (χ4n) is 1.07. The maximum Gasteiger partial charge on any atom is 0.416 e. The molecule has 0 bridgehead atoms. The molecule has 7 nitrogen and oxygen atoms in total. The van der Waals surface area contributed by atoms with Gasteiger partial charge in [0.25, 0.3) is 0 Å². The first-order valence-corrected chi connectivity index (χ1v) is 5.05. The zero-order valence-electron chi connectivity index (χ0n) is 10.3. The minimum absolute atomic E-state index is 0.0714. The highest BCUT2D eigenvalue weighted by Crippen LogP contribution is 2.18. The van der Waals surface area contributed by atoms with Crippen LogP contribution in [0.1, 0.15) is 17.3 Å². The first-order valence-electron chi connectivity index (χ1n) is 5.05. The number of amides is 1. The van der Waals surface area contributed by atoms with E-state index < -0.39 is 12.1 Å². The van der Waals surface area contributed by atoms with Gasteiger partial charge in [-0.15, -0.1) is 0 Å². The summed E-state index contributed by atoms with van der Waals surface area (Å²) in [4.78, 5) is 24.2. The van der Waals surface area contributed by atoms with E-state index in [1.54, 1.807) is 28.1 Å². The van der Waals surface area contributed by atoms with Crippen molar-refractivity contribution in [1.29, 1.82) is 0 Å². The summed E-state index contributed by atoms with van der Waals surface area (Å²) in [6.07, 6.45) is 0.718. The zero-order chi connectivity index (χ0) is 13.0. The maximum atomic E-state index is 11.5. The monoisotopic (exact) mass is 241 g/mol. The molecule has 0 unspecified atom stereocenters. The van der Waals surface area contributed by atoms with Crippen molar-refractivity contribution in [3.8, 4) is 5.88 Å². The normalized spacial score (nSPS) is 9.88. The number of nitrogens with zero attached hydrogens (tertiary/aromatic N) is 3. The van der Waals surface area contributed by atoms with Gasteiger partial charge in [0.1, 0.15) is 5.56 Å². The average Bonchev–Trinajstić information content (AvgIpc) is 2.61. The molecule has 0 aliphatic carbocycles. The Hall–Kier alpha value is -2.05. The van der Waals surface area contributed by atoms with Gasteiger partial charge in [0.2, 0.25) is 5.88 Å². The molecular formula is C10H15N3O4. The Balaban J connectivity index is 2.94. The fraction of sp³-hybridized carbons (Fsp3) is 0.500. The molecule has 1 heterocycles. The van der Waals surface area contributed by atoms with Crippen LogP contribution in [0.3, 0.4) is 0 Å². The summed E-state index contributed by atoms with van der Waals surface area (Å²) in [6.45, 7) is 1.94. The molecule has 0 saturated carbocycles. The lowest BCUT2D eigenvalue weighted by molar-refractivity contribution is 0.0522. The summed E-state index contributed by atoms with van der Waals surface area (Å²) in [5, 5.41) is 3.85. The summed E-state index contributed by atoms with van der Waals surface area (Å²) < 4.78 is 11.2. The second-order valence-electron chi connectivity index (χ2n) is 3.47. The van der Waals surface area contributed by atoms with E-state index in [9.17, 15) is 9.59 Å². The highest BCUT2D eigenvalue weighted by atomic mass is 16.6. The third-order valence-corrected chi connectivity index (χ3v) is 1.93. The maximum absolute atomic E-state index is 11.5. The average molecular weight is 241 g/mol. The molecule has 0 spiro atoms. The molecule has 0 aromatic carbocycles. The van der Waals surface area contributed by atoms with Crippen LogP contribution in [0.15, 0.2) is 6.20 Å². The molecule has 0 aliphatic heterocycles. The molecule has 1 aromatic heterocycles. The number of ether oxygens (including phenoxy) is 2. The minimum Gasteiger partial charge on any atom is -0.462 e. The van der Waals surface area contributed by atoms with Crippen molar-refractivity contribution in [2.24, 2.45) is 7.05 Å². The van der Waals surface area contributed by atoms with Crippen molar-refractivity contribution in [3.05, 3.63) is 11.8 Å². The summed E-state index contributed by atoms with van der Waals surface area (Å²) >= 11 is 0. The lowest BCUT2D eigenvalue weighted by atomic mass is 10.3. The number of rotatable bonds is 3. The predicted octanol–water partition coefficient (Wildman–Crippen LogP) is 0.657. The van der Waals surface area contributed by atoms with Crippen LogP contribution in [0.25, 0.3) is 0 Å². The molecule has 17 heavy (non-hydrogen) atoms. The van der Waals surface area contributed by atoms with E-state index >= 15 is 0 Å². The van der Waals surface area contributed by atoms with E-state index in [1.165, 1.54) is 15.8 Å². The Morgan fingerprint density at radius 2 is 2.12 bits per heavy atom. The summed E-state index contributed by atoms with van der Waals surface area (Å²) in [5.74, 6) is -0.496. The largest absolute Gasteiger partial charge is 0.462 e. The highest BCUT2D eigenvalue weighted by Gasteiger charge is 2.21. The predicted molar refractivity (Wildman–Crippen MR) is 58.9 cm³/mol. The number of carbonyl (C=O) groups is 2. The Morgan fingerprint density at radius 3 is 2.65 bits per heavy atom. The van der Waals surface area contributed by atoms with Crippen molar-refractivity contribution in [2.45, 2.75) is 6.92 Å². The number of hydrogen-bond acceptors (Lipinski definition) is 5. The Kier molecular flexibility index (Phi) is 4.08. The van der Waals surface area contributed by atoms with Gasteiger partial charge in [-0.2, -0.15) is 5.10 Å². The van der Waals surface area contributed by atoms with Gasteiger partial charge >= 0.3 is 12.1 Å². The number of hydrogen-bond donors (Lipinski definition) is 0. The first-order chi connectivity index (χ1) is 7.97. The second-order valence-corrected chi connectivity index (χ2v) is 3.47. The lowest BCUT2D eigenvalue weighted by Gasteiger charge is -2.11. The molecule has 0 aliphatic rings.